The van der Waals surface area contributed by atoms with E-state index in [2.05, 4.69) is 20.3 Å². The summed E-state index contributed by atoms with van der Waals surface area (Å²) in [7, 11) is 0. The van der Waals surface area contributed by atoms with Crippen molar-refractivity contribution >= 4 is 40.1 Å². The molecule has 1 aliphatic rings. The van der Waals surface area contributed by atoms with E-state index in [0.29, 0.717) is 49.0 Å². The molecule has 2 N–H and O–H groups in total. The quantitative estimate of drug-likeness (QED) is 0.509. The molecule has 0 radical (unpaired) electrons. The zero-order valence-corrected chi connectivity index (χ0v) is 19.0. The lowest BCUT2D eigenvalue weighted by Crippen LogP contribution is -2.42. The minimum absolute atomic E-state index is 0.0669. The Kier molecular flexibility index (Phi) is 7.05. The van der Waals surface area contributed by atoms with Gasteiger partial charge < -0.3 is 15.2 Å². The van der Waals surface area contributed by atoms with Crippen LogP contribution in [0.15, 0.2) is 36.7 Å². The standard InChI is InChI=1S/C24H28ClN5O2/c1-2-5-17(31)8-9-22(32)30-12-10-16(11-13-30)28-24-27-15-20(25)23(29-24)19-14-26-21-7-4-3-6-18(19)21/h3-4,6-7,14-16,26H,2,5,8-13H2,1H3,(H,27,28,29). The van der Waals surface area contributed by atoms with Crippen LogP contribution in [-0.2, 0) is 9.59 Å². The first kappa shape index (κ1) is 22.3. The number of hydrogen-bond acceptors (Lipinski definition) is 5. The second-order valence-corrected chi connectivity index (χ2v) is 8.63. The van der Waals surface area contributed by atoms with Crippen molar-refractivity contribution in [2.24, 2.45) is 0 Å². The van der Waals surface area contributed by atoms with Gasteiger partial charge in [0.1, 0.15) is 5.78 Å². The first-order valence-corrected chi connectivity index (χ1v) is 11.6. The van der Waals surface area contributed by atoms with Crippen molar-refractivity contribution in [1.29, 1.82) is 0 Å². The Bertz CT molecular complexity index is 1100. The van der Waals surface area contributed by atoms with Crippen LogP contribution in [0.1, 0.15) is 45.4 Å². The first-order chi connectivity index (χ1) is 15.5. The number of nitrogens with one attached hydrogen (secondary N) is 2. The highest BCUT2D eigenvalue weighted by atomic mass is 35.5. The fourth-order valence-corrected chi connectivity index (χ4v) is 4.35. The molecule has 0 bridgehead atoms. The number of amides is 1. The van der Waals surface area contributed by atoms with Gasteiger partial charge in [-0.05, 0) is 25.3 Å². The van der Waals surface area contributed by atoms with Crippen molar-refractivity contribution in [2.45, 2.75) is 51.5 Å². The van der Waals surface area contributed by atoms with E-state index in [0.717, 1.165) is 35.7 Å². The molecule has 3 heterocycles. The molecule has 1 fully saturated rings. The number of aromatic amines is 1. The summed E-state index contributed by atoms with van der Waals surface area (Å²) in [5, 5.41) is 4.96. The number of nitrogens with zero attached hydrogens (tertiary/aromatic N) is 3. The van der Waals surface area contributed by atoms with Gasteiger partial charge in [0.15, 0.2) is 0 Å². The molecule has 32 heavy (non-hydrogen) atoms. The third kappa shape index (κ3) is 5.10. The summed E-state index contributed by atoms with van der Waals surface area (Å²) in [6.07, 6.45) is 7.20. The minimum Gasteiger partial charge on any atom is -0.360 e. The smallest absolute Gasteiger partial charge is 0.223 e. The van der Waals surface area contributed by atoms with Crippen LogP contribution >= 0.6 is 11.6 Å². The second-order valence-electron chi connectivity index (χ2n) is 8.23. The molecule has 0 saturated carbocycles. The van der Waals surface area contributed by atoms with Crippen molar-refractivity contribution in [3.05, 3.63) is 41.7 Å². The summed E-state index contributed by atoms with van der Waals surface area (Å²) in [6, 6.07) is 8.20. The molecule has 0 atom stereocenters. The van der Waals surface area contributed by atoms with Crippen molar-refractivity contribution in [3.8, 4) is 11.3 Å². The summed E-state index contributed by atoms with van der Waals surface area (Å²) >= 11 is 6.42. The number of anilines is 1. The molecule has 168 valence electrons. The molecule has 3 aromatic rings. The number of fused-ring (bicyclic) bond motifs is 1. The zero-order chi connectivity index (χ0) is 22.5. The number of aromatic nitrogens is 3. The predicted octanol–water partition coefficient (Wildman–Crippen LogP) is 4.83. The van der Waals surface area contributed by atoms with Crippen LogP contribution in [0.4, 0.5) is 5.95 Å². The van der Waals surface area contributed by atoms with E-state index in [1.807, 2.05) is 42.3 Å². The lowest BCUT2D eigenvalue weighted by molar-refractivity contribution is -0.134. The Morgan fingerprint density at radius 1 is 1.19 bits per heavy atom. The van der Waals surface area contributed by atoms with Gasteiger partial charge in [-0.2, -0.15) is 0 Å². The maximum absolute atomic E-state index is 12.4. The number of likely N-dealkylation sites (tertiary alicyclic amines) is 1. The number of ketones is 1. The highest BCUT2D eigenvalue weighted by Crippen LogP contribution is 2.32. The number of H-pyrrole nitrogens is 1. The third-order valence-corrected chi connectivity index (χ3v) is 6.19. The van der Waals surface area contributed by atoms with E-state index in [4.69, 9.17) is 11.6 Å². The number of halogens is 1. The summed E-state index contributed by atoms with van der Waals surface area (Å²) in [6.45, 7) is 3.31. The number of benzene rings is 1. The molecule has 8 heteroatoms. The number of Topliss-reactive ketones (excluding diaryl/α,β-unsaturated/α-hetero) is 1. The number of hydrogen-bond donors (Lipinski definition) is 2. The number of piperidine rings is 1. The first-order valence-electron chi connectivity index (χ1n) is 11.2. The maximum atomic E-state index is 12.4. The van der Waals surface area contributed by atoms with E-state index < -0.39 is 0 Å². The molecule has 0 spiro atoms. The lowest BCUT2D eigenvalue weighted by atomic mass is 10.0. The molecule has 0 aliphatic carbocycles. The van der Waals surface area contributed by atoms with Crippen LogP contribution in [0.25, 0.3) is 22.2 Å². The van der Waals surface area contributed by atoms with Gasteiger partial charge in [-0.25, -0.2) is 9.97 Å². The Hall–Kier alpha value is -2.93. The highest BCUT2D eigenvalue weighted by Gasteiger charge is 2.24. The number of carbonyl (C=O) groups is 2. The second kappa shape index (κ2) is 10.1. The molecule has 1 aliphatic heterocycles. The molecule has 1 saturated heterocycles. The summed E-state index contributed by atoms with van der Waals surface area (Å²) in [4.78, 5) is 38.3. The molecule has 1 aromatic carbocycles. The van der Waals surface area contributed by atoms with E-state index in [1.165, 1.54) is 0 Å². The summed E-state index contributed by atoms with van der Waals surface area (Å²) in [5.41, 5.74) is 2.65. The summed E-state index contributed by atoms with van der Waals surface area (Å²) < 4.78 is 0. The SMILES string of the molecule is CCCC(=O)CCC(=O)N1CCC(Nc2ncc(Cl)c(-c3c[nH]c4ccccc34)n2)CC1. The number of carbonyl (C=O) groups excluding carboxylic acids is 2. The van der Waals surface area contributed by atoms with Crippen LogP contribution in [0.3, 0.4) is 0 Å². The minimum atomic E-state index is 0.0669. The Labute approximate surface area is 192 Å². The van der Waals surface area contributed by atoms with Gasteiger partial charge in [-0.1, -0.05) is 36.7 Å². The van der Waals surface area contributed by atoms with Crippen molar-refractivity contribution < 1.29 is 9.59 Å². The fraction of sp³-hybridized carbons (Fsp3) is 0.417. The maximum Gasteiger partial charge on any atom is 0.223 e. The van der Waals surface area contributed by atoms with E-state index in [-0.39, 0.29) is 17.7 Å². The van der Waals surface area contributed by atoms with Crippen molar-refractivity contribution in [3.63, 3.8) is 0 Å². The average molecular weight is 454 g/mol. The largest absolute Gasteiger partial charge is 0.360 e. The average Bonchev–Trinajstić information content (AvgIpc) is 3.23. The molecule has 7 nitrogen and oxygen atoms in total. The number of rotatable bonds is 8. The van der Waals surface area contributed by atoms with Crippen LogP contribution < -0.4 is 5.32 Å². The Morgan fingerprint density at radius 3 is 2.75 bits per heavy atom. The van der Waals surface area contributed by atoms with Gasteiger partial charge in [-0.3, -0.25) is 9.59 Å². The van der Waals surface area contributed by atoms with Gasteiger partial charge in [-0.15, -0.1) is 0 Å². The van der Waals surface area contributed by atoms with Crippen LogP contribution in [0.2, 0.25) is 5.02 Å². The van der Waals surface area contributed by atoms with Gasteiger partial charge in [0.25, 0.3) is 0 Å². The number of para-hydroxylation sites is 1. The molecule has 4 rings (SSSR count). The molecule has 2 aromatic heterocycles. The monoisotopic (exact) mass is 453 g/mol. The van der Waals surface area contributed by atoms with Crippen LogP contribution in [-0.4, -0.2) is 50.7 Å². The van der Waals surface area contributed by atoms with Crippen LogP contribution in [0, 0.1) is 0 Å². The molecular formula is C24H28ClN5O2. The van der Waals surface area contributed by atoms with E-state index in [9.17, 15) is 9.59 Å². The third-order valence-electron chi connectivity index (χ3n) is 5.92. The highest BCUT2D eigenvalue weighted by molar-refractivity contribution is 6.33. The molecule has 1 amide bonds. The summed E-state index contributed by atoms with van der Waals surface area (Å²) in [5.74, 6) is 0.769. The topological polar surface area (TPSA) is 91.0 Å². The normalized spacial score (nSPS) is 14.6. The van der Waals surface area contributed by atoms with Gasteiger partial charge >= 0.3 is 0 Å². The Morgan fingerprint density at radius 2 is 1.97 bits per heavy atom. The Balaban J connectivity index is 1.36. The van der Waals surface area contributed by atoms with E-state index in [1.54, 1.807) is 6.20 Å². The van der Waals surface area contributed by atoms with Crippen LogP contribution in [0.5, 0.6) is 0 Å². The fourth-order valence-electron chi connectivity index (χ4n) is 4.16. The zero-order valence-electron chi connectivity index (χ0n) is 18.2. The van der Waals surface area contributed by atoms with Crippen molar-refractivity contribution in [2.75, 3.05) is 18.4 Å². The predicted molar refractivity (Wildman–Crippen MR) is 127 cm³/mol. The molecular weight excluding hydrogens is 426 g/mol. The lowest BCUT2D eigenvalue weighted by Gasteiger charge is -2.32. The van der Waals surface area contributed by atoms with Crippen molar-refractivity contribution in [1.82, 2.24) is 19.9 Å². The van der Waals surface area contributed by atoms with Gasteiger partial charge in [0, 0.05) is 61.1 Å². The van der Waals surface area contributed by atoms with E-state index >= 15 is 0 Å². The molecule has 0 unspecified atom stereocenters. The van der Waals surface area contributed by atoms with Gasteiger partial charge in [0.05, 0.1) is 16.9 Å². The van der Waals surface area contributed by atoms with Gasteiger partial charge in [0.2, 0.25) is 11.9 Å².